The second-order valence-corrected chi connectivity index (χ2v) is 6.99. The normalized spacial score (nSPS) is 16.6. The van der Waals surface area contributed by atoms with Crippen molar-refractivity contribution in [2.24, 2.45) is 4.99 Å². The molecule has 1 aromatic carbocycles. The molecule has 0 aliphatic carbocycles. The van der Waals surface area contributed by atoms with Gasteiger partial charge in [0.15, 0.2) is 5.96 Å². The molecule has 0 spiro atoms. The van der Waals surface area contributed by atoms with Crippen LogP contribution in [-0.4, -0.2) is 50.8 Å². The fraction of sp³-hybridized carbons (Fsp3) is 0.421. The van der Waals surface area contributed by atoms with Crippen LogP contribution in [0.3, 0.4) is 0 Å². The van der Waals surface area contributed by atoms with Crippen LogP contribution in [0.2, 0.25) is 0 Å². The highest BCUT2D eigenvalue weighted by Crippen LogP contribution is 2.21. The summed E-state index contributed by atoms with van der Waals surface area (Å²) in [6.45, 7) is 5.13. The van der Waals surface area contributed by atoms with E-state index in [4.69, 9.17) is 4.74 Å². The average Bonchev–Trinajstić information content (AvgIpc) is 3.20. The molecule has 0 bridgehead atoms. The van der Waals surface area contributed by atoms with Gasteiger partial charge in [0.05, 0.1) is 25.8 Å². The van der Waals surface area contributed by atoms with E-state index in [0.29, 0.717) is 6.04 Å². The number of halogens is 1. The van der Waals surface area contributed by atoms with E-state index in [2.05, 4.69) is 68.4 Å². The predicted octanol–water partition coefficient (Wildman–Crippen LogP) is 3.10. The Balaban J connectivity index is 0.00000243. The summed E-state index contributed by atoms with van der Waals surface area (Å²) < 4.78 is 5.52. The number of aliphatic imine (C=N–C) groups is 1. The second kappa shape index (κ2) is 11.5. The zero-order chi connectivity index (χ0) is 17.3. The Kier molecular flexibility index (Phi) is 9.38. The predicted molar refractivity (Wildman–Crippen MR) is 120 cm³/mol. The first-order chi connectivity index (χ1) is 12.4. The van der Waals surface area contributed by atoms with Gasteiger partial charge >= 0.3 is 0 Å². The maximum absolute atomic E-state index is 5.52. The minimum absolute atomic E-state index is 0. The summed E-state index contributed by atoms with van der Waals surface area (Å²) in [6, 6.07) is 15.2. The van der Waals surface area contributed by atoms with Gasteiger partial charge in [0.2, 0.25) is 0 Å². The molecule has 1 aliphatic heterocycles. The third kappa shape index (κ3) is 6.22. The fourth-order valence-corrected chi connectivity index (χ4v) is 3.66. The number of nitrogens with one attached hydrogen (secondary N) is 2. The van der Waals surface area contributed by atoms with E-state index in [-0.39, 0.29) is 24.0 Å². The number of ether oxygens (including phenoxy) is 1. The summed E-state index contributed by atoms with van der Waals surface area (Å²) in [5, 5.41) is 8.97. The topological polar surface area (TPSA) is 48.9 Å². The second-order valence-electron chi connectivity index (χ2n) is 5.96. The van der Waals surface area contributed by atoms with E-state index < -0.39 is 0 Å². The smallest absolute Gasteiger partial charge is 0.191 e. The van der Waals surface area contributed by atoms with Crippen LogP contribution in [0.5, 0.6) is 0 Å². The summed E-state index contributed by atoms with van der Waals surface area (Å²) >= 11 is 1.75. The molecule has 3 rings (SSSR count). The third-order valence-electron chi connectivity index (χ3n) is 4.37. The lowest BCUT2D eigenvalue weighted by atomic mass is 10.0. The summed E-state index contributed by atoms with van der Waals surface area (Å²) in [6.07, 6.45) is 0. The number of nitrogens with zero attached hydrogens (tertiary/aromatic N) is 2. The fourth-order valence-electron chi connectivity index (χ4n) is 3.02. The van der Waals surface area contributed by atoms with Crippen molar-refractivity contribution in [2.45, 2.75) is 12.6 Å². The van der Waals surface area contributed by atoms with Crippen LogP contribution in [0, 0.1) is 0 Å². The monoisotopic (exact) mass is 486 g/mol. The van der Waals surface area contributed by atoms with Crippen LogP contribution in [0.15, 0.2) is 52.8 Å². The molecule has 7 heteroatoms. The van der Waals surface area contributed by atoms with Gasteiger partial charge in [-0.05, 0) is 17.0 Å². The quantitative estimate of drug-likeness (QED) is 0.375. The lowest BCUT2D eigenvalue weighted by molar-refractivity contribution is 0.0170. The summed E-state index contributed by atoms with van der Waals surface area (Å²) in [4.78, 5) is 8.14. The Labute approximate surface area is 176 Å². The molecule has 0 amide bonds. The van der Waals surface area contributed by atoms with Crippen molar-refractivity contribution in [3.8, 4) is 0 Å². The number of thiophene rings is 1. The van der Waals surface area contributed by atoms with E-state index in [9.17, 15) is 0 Å². The molecular formula is C19H27IN4OS. The molecule has 1 aromatic heterocycles. The number of morpholine rings is 1. The average molecular weight is 486 g/mol. The van der Waals surface area contributed by atoms with Crippen molar-refractivity contribution >= 4 is 41.3 Å². The van der Waals surface area contributed by atoms with Crippen molar-refractivity contribution < 1.29 is 4.74 Å². The summed E-state index contributed by atoms with van der Waals surface area (Å²) in [5.41, 5.74) is 1.32. The Morgan fingerprint density at radius 3 is 2.58 bits per heavy atom. The number of benzene rings is 1. The molecule has 1 fully saturated rings. The molecule has 0 radical (unpaired) electrons. The Morgan fingerprint density at radius 1 is 1.15 bits per heavy atom. The first kappa shape index (κ1) is 21.1. The van der Waals surface area contributed by atoms with E-state index in [0.717, 1.165) is 45.4 Å². The van der Waals surface area contributed by atoms with Crippen molar-refractivity contribution in [1.82, 2.24) is 15.5 Å². The van der Waals surface area contributed by atoms with Crippen LogP contribution < -0.4 is 10.6 Å². The van der Waals surface area contributed by atoms with Crippen LogP contribution in [0.1, 0.15) is 16.5 Å². The van der Waals surface area contributed by atoms with Gasteiger partial charge in [-0.3, -0.25) is 9.89 Å². The van der Waals surface area contributed by atoms with Crippen molar-refractivity contribution in [1.29, 1.82) is 0 Å². The Bertz CT molecular complexity index is 645. The molecule has 1 aliphatic rings. The van der Waals surface area contributed by atoms with Crippen molar-refractivity contribution in [3.05, 3.63) is 58.3 Å². The highest BCUT2D eigenvalue weighted by atomic mass is 127. The first-order valence-corrected chi connectivity index (χ1v) is 9.58. The molecule has 0 saturated carbocycles. The molecule has 26 heavy (non-hydrogen) atoms. The van der Waals surface area contributed by atoms with E-state index in [1.54, 1.807) is 11.3 Å². The molecule has 142 valence electrons. The van der Waals surface area contributed by atoms with Gasteiger partial charge in [-0.1, -0.05) is 36.4 Å². The number of hydrogen-bond acceptors (Lipinski definition) is 4. The van der Waals surface area contributed by atoms with Crippen LogP contribution in [0.25, 0.3) is 0 Å². The van der Waals surface area contributed by atoms with Gasteiger partial charge in [-0.2, -0.15) is 0 Å². The molecule has 5 nitrogen and oxygen atoms in total. The third-order valence-corrected chi connectivity index (χ3v) is 5.24. The molecule has 2 N–H and O–H groups in total. The summed E-state index contributed by atoms with van der Waals surface area (Å²) in [5.74, 6) is 0.836. The standard InChI is InChI=1S/C19H26N4OS.HI/c1-20-19(21-14-17-8-5-13-25-17)22-15-18(16-6-3-2-4-7-16)23-9-11-24-12-10-23;/h2-8,13,18H,9-12,14-15H2,1H3,(H2,20,21,22);1H. The van der Waals surface area contributed by atoms with Crippen molar-refractivity contribution in [3.63, 3.8) is 0 Å². The highest BCUT2D eigenvalue weighted by molar-refractivity contribution is 14.0. The molecule has 1 atom stereocenters. The van der Waals surface area contributed by atoms with E-state index in [1.807, 2.05) is 7.05 Å². The lowest BCUT2D eigenvalue weighted by Crippen LogP contribution is -2.46. The molecular weight excluding hydrogens is 459 g/mol. The first-order valence-electron chi connectivity index (χ1n) is 8.70. The van der Waals surface area contributed by atoms with E-state index in [1.165, 1.54) is 10.4 Å². The van der Waals surface area contributed by atoms with Gasteiger partial charge < -0.3 is 15.4 Å². The summed E-state index contributed by atoms with van der Waals surface area (Å²) in [7, 11) is 1.82. The van der Waals surface area contributed by atoms with Gasteiger partial charge in [0.1, 0.15) is 0 Å². The SMILES string of the molecule is CN=C(NCc1cccs1)NCC(c1ccccc1)N1CCOCC1.I. The highest BCUT2D eigenvalue weighted by Gasteiger charge is 2.22. The van der Waals surface area contributed by atoms with Crippen molar-refractivity contribution in [2.75, 3.05) is 39.9 Å². The Hall–Kier alpha value is -1.16. The molecule has 1 unspecified atom stereocenters. The number of hydrogen-bond donors (Lipinski definition) is 2. The van der Waals surface area contributed by atoms with Gasteiger partial charge in [-0.15, -0.1) is 35.3 Å². The van der Waals surface area contributed by atoms with Gasteiger partial charge in [0, 0.05) is 31.6 Å². The van der Waals surface area contributed by atoms with Gasteiger partial charge in [0.25, 0.3) is 0 Å². The van der Waals surface area contributed by atoms with E-state index >= 15 is 0 Å². The zero-order valence-corrected chi connectivity index (χ0v) is 18.2. The van der Waals surface area contributed by atoms with Crippen LogP contribution in [-0.2, 0) is 11.3 Å². The molecule has 2 heterocycles. The van der Waals surface area contributed by atoms with Crippen LogP contribution >= 0.6 is 35.3 Å². The molecule has 2 aromatic rings. The minimum atomic E-state index is 0. The van der Waals surface area contributed by atoms with Crippen LogP contribution in [0.4, 0.5) is 0 Å². The Morgan fingerprint density at radius 2 is 1.92 bits per heavy atom. The maximum Gasteiger partial charge on any atom is 0.191 e. The minimum Gasteiger partial charge on any atom is -0.379 e. The maximum atomic E-state index is 5.52. The number of rotatable bonds is 6. The molecule has 1 saturated heterocycles. The lowest BCUT2D eigenvalue weighted by Gasteiger charge is -2.35. The largest absolute Gasteiger partial charge is 0.379 e. The number of guanidine groups is 1. The van der Waals surface area contributed by atoms with Gasteiger partial charge in [-0.25, -0.2) is 0 Å². The zero-order valence-electron chi connectivity index (χ0n) is 15.1.